The molecule has 130 valence electrons. The zero-order valence-electron chi connectivity index (χ0n) is 13.9. The van der Waals surface area contributed by atoms with Crippen molar-refractivity contribution in [3.8, 4) is 11.5 Å². The van der Waals surface area contributed by atoms with Gasteiger partial charge in [0.2, 0.25) is 0 Å². The zero-order chi connectivity index (χ0) is 17.6. The Hall–Kier alpha value is -3.26. The second-order valence-corrected chi connectivity index (χ2v) is 5.38. The number of benzene rings is 2. The third kappa shape index (κ3) is 4.18. The van der Waals surface area contributed by atoms with Gasteiger partial charge in [-0.2, -0.15) is 5.10 Å². The van der Waals surface area contributed by atoms with E-state index < -0.39 is 0 Å². The van der Waals surface area contributed by atoms with E-state index >= 15 is 0 Å². The molecule has 0 unspecified atom stereocenters. The van der Waals surface area contributed by atoms with Crippen LogP contribution in [0.4, 0.5) is 11.4 Å². The summed E-state index contributed by atoms with van der Waals surface area (Å²) in [6, 6.07) is 12.9. The summed E-state index contributed by atoms with van der Waals surface area (Å²) in [5.41, 5.74) is 7.91. The lowest BCUT2D eigenvalue weighted by molar-refractivity contribution is -0.118. The average Bonchev–Trinajstić information content (AvgIpc) is 3.15. The molecule has 0 saturated carbocycles. The van der Waals surface area contributed by atoms with Crippen LogP contribution in [-0.4, -0.2) is 26.0 Å². The van der Waals surface area contributed by atoms with Crippen LogP contribution >= 0.6 is 0 Å². The smallest absolute Gasteiger partial charge is 0.262 e. The molecule has 8 nitrogen and oxygen atoms in total. The van der Waals surface area contributed by atoms with Gasteiger partial charge in [-0.15, -0.1) is 5.53 Å². The summed E-state index contributed by atoms with van der Waals surface area (Å²) in [6.45, 7) is 1.84. The standard InChI is InChI=1S/C17H19N5O3/c1-12-6-7-16(24-2)15(8-12)19-17(23)10-25-14-5-3-4-13(9-14)22-11-18-20-21-22/h3-9,11,20-21H,10H2,1-2H3,(H,19,23). The van der Waals surface area contributed by atoms with Gasteiger partial charge in [-0.05, 0) is 36.8 Å². The fraction of sp³-hybridized carbons (Fsp3) is 0.176. The Morgan fingerprint density at radius 1 is 1.28 bits per heavy atom. The fourth-order valence-corrected chi connectivity index (χ4v) is 2.31. The van der Waals surface area contributed by atoms with Gasteiger partial charge >= 0.3 is 0 Å². The number of nitrogens with one attached hydrogen (secondary N) is 3. The molecule has 0 fully saturated rings. The van der Waals surface area contributed by atoms with Crippen LogP contribution in [0.5, 0.6) is 11.5 Å². The molecule has 0 atom stereocenters. The number of anilines is 2. The molecule has 1 aliphatic rings. The molecule has 1 aliphatic heterocycles. The monoisotopic (exact) mass is 341 g/mol. The quantitative estimate of drug-likeness (QED) is 0.743. The molecular weight excluding hydrogens is 322 g/mol. The Kier molecular flexibility index (Phi) is 5.00. The molecule has 2 aromatic rings. The van der Waals surface area contributed by atoms with E-state index in [1.54, 1.807) is 30.6 Å². The van der Waals surface area contributed by atoms with E-state index in [-0.39, 0.29) is 12.5 Å². The Bertz CT molecular complexity index is 794. The number of hydrazone groups is 1. The molecular formula is C17H19N5O3. The maximum Gasteiger partial charge on any atom is 0.262 e. The number of hydrogen-bond acceptors (Lipinski definition) is 7. The van der Waals surface area contributed by atoms with Crippen LogP contribution in [0, 0.1) is 6.92 Å². The summed E-state index contributed by atoms with van der Waals surface area (Å²) in [5, 5.41) is 8.32. The second-order valence-electron chi connectivity index (χ2n) is 5.38. The molecule has 1 heterocycles. The van der Waals surface area contributed by atoms with Crippen molar-refractivity contribution in [1.82, 2.24) is 11.1 Å². The van der Waals surface area contributed by atoms with E-state index in [0.29, 0.717) is 17.2 Å². The summed E-state index contributed by atoms with van der Waals surface area (Å²) in [5.74, 6) is 0.913. The summed E-state index contributed by atoms with van der Waals surface area (Å²) < 4.78 is 10.8. The Morgan fingerprint density at radius 2 is 2.16 bits per heavy atom. The van der Waals surface area contributed by atoms with Gasteiger partial charge in [0.15, 0.2) is 6.61 Å². The first-order valence-corrected chi connectivity index (χ1v) is 7.66. The van der Waals surface area contributed by atoms with E-state index in [9.17, 15) is 4.79 Å². The van der Waals surface area contributed by atoms with Crippen molar-refractivity contribution in [2.45, 2.75) is 6.92 Å². The van der Waals surface area contributed by atoms with Gasteiger partial charge in [0.1, 0.15) is 17.8 Å². The second kappa shape index (κ2) is 7.54. The number of methoxy groups -OCH3 is 1. The predicted octanol–water partition coefficient (Wildman–Crippen LogP) is 1.79. The topological polar surface area (TPSA) is 87.2 Å². The van der Waals surface area contributed by atoms with Gasteiger partial charge < -0.3 is 14.8 Å². The number of carbonyl (C=O) groups excluding carboxylic acids is 1. The molecule has 2 aromatic carbocycles. The molecule has 0 aliphatic carbocycles. The van der Waals surface area contributed by atoms with Gasteiger partial charge in [0, 0.05) is 6.07 Å². The van der Waals surface area contributed by atoms with E-state index in [1.165, 1.54) is 0 Å². The number of hydrazine groups is 2. The maximum atomic E-state index is 12.2. The van der Waals surface area contributed by atoms with E-state index in [4.69, 9.17) is 9.47 Å². The van der Waals surface area contributed by atoms with E-state index in [0.717, 1.165) is 11.3 Å². The number of aryl methyl sites for hydroxylation is 1. The Labute approximate surface area is 145 Å². The zero-order valence-corrected chi connectivity index (χ0v) is 13.9. The molecule has 0 saturated heterocycles. The van der Waals surface area contributed by atoms with Crippen LogP contribution in [0.3, 0.4) is 0 Å². The Balaban J connectivity index is 1.60. The number of carbonyl (C=O) groups is 1. The van der Waals surface area contributed by atoms with Gasteiger partial charge in [0.25, 0.3) is 5.91 Å². The van der Waals surface area contributed by atoms with Crippen molar-refractivity contribution >= 4 is 23.6 Å². The number of rotatable bonds is 6. The predicted molar refractivity (Wildman–Crippen MR) is 95.5 cm³/mol. The summed E-state index contributed by atoms with van der Waals surface area (Å²) in [4.78, 5) is 12.2. The first-order chi connectivity index (χ1) is 12.2. The Morgan fingerprint density at radius 3 is 2.92 bits per heavy atom. The van der Waals surface area contributed by atoms with Crippen LogP contribution in [0.25, 0.3) is 0 Å². The highest BCUT2D eigenvalue weighted by Crippen LogP contribution is 2.25. The molecule has 0 aromatic heterocycles. The summed E-state index contributed by atoms with van der Waals surface area (Å²) in [6.07, 6.45) is 1.59. The van der Waals surface area contributed by atoms with Crippen molar-refractivity contribution in [3.63, 3.8) is 0 Å². The van der Waals surface area contributed by atoms with Gasteiger partial charge in [-0.1, -0.05) is 12.1 Å². The minimum absolute atomic E-state index is 0.111. The molecule has 0 bridgehead atoms. The molecule has 0 radical (unpaired) electrons. The minimum Gasteiger partial charge on any atom is -0.495 e. The van der Waals surface area contributed by atoms with E-state index in [2.05, 4.69) is 21.5 Å². The highest BCUT2D eigenvalue weighted by atomic mass is 16.5. The molecule has 3 rings (SSSR count). The van der Waals surface area contributed by atoms with Gasteiger partial charge in [-0.3, -0.25) is 4.79 Å². The van der Waals surface area contributed by atoms with Crippen LogP contribution in [0.15, 0.2) is 47.6 Å². The third-order valence-corrected chi connectivity index (χ3v) is 3.50. The van der Waals surface area contributed by atoms with Crippen LogP contribution in [-0.2, 0) is 4.79 Å². The van der Waals surface area contributed by atoms with Crippen molar-refractivity contribution < 1.29 is 14.3 Å². The largest absolute Gasteiger partial charge is 0.495 e. The summed E-state index contributed by atoms with van der Waals surface area (Å²) in [7, 11) is 1.56. The number of nitrogens with zero attached hydrogens (tertiary/aromatic N) is 2. The van der Waals surface area contributed by atoms with Crippen LogP contribution in [0.1, 0.15) is 5.56 Å². The molecule has 3 N–H and O–H groups in total. The maximum absolute atomic E-state index is 12.2. The minimum atomic E-state index is -0.267. The molecule has 25 heavy (non-hydrogen) atoms. The number of amides is 1. The van der Waals surface area contributed by atoms with Crippen molar-refractivity contribution in [2.24, 2.45) is 5.10 Å². The SMILES string of the molecule is COc1ccc(C)cc1NC(=O)COc1cccc(N2C=NNN2)c1. The third-order valence-electron chi connectivity index (χ3n) is 3.50. The fourth-order valence-electron chi connectivity index (χ4n) is 2.31. The van der Waals surface area contributed by atoms with Crippen molar-refractivity contribution in [3.05, 3.63) is 48.0 Å². The highest BCUT2D eigenvalue weighted by molar-refractivity contribution is 5.93. The van der Waals surface area contributed by atoms with Crippen molar-refractivity contribution in [2.75, 3.05) is 24.0 Å². The van der Waals surface area contributed by atoms with Crippen LogP contribution < -0.4 is 30.9 Å². The first kappa shape index (κ1) is 16.6. The lowest BCUT2D eigenvalue weighted by Gasteiger charge is -2.15. The van der Waals surface area contributed by atoms with Crippen molar-refractivity contribution in [1.29, 1.82) is 0 Å². The molecule has 1 amide bonds. The summed E-state index contributed by atoms with van der Waals surface area (Å²) >= 11 is 0. The average molecular weight is 341 g/mol. The van der Waals surface area contributed by atoms with E-state index in [1.807, 2.05) is 37.3 Å². The van der Waals surface area contributed by atoms with Crippen LogP contribution in [0.2, 0.25) is 0 Å². The lowest BCUT2D eigenvalue weighted by Crippen LogP contribution is -2.37. The first-order valence-electron chi connectivity index (χ1n) is 7.66. The lowest BCUT2D eigenvalue weighted by atomic mass is 10.2. The van der Waals surface area contributed by atoms with Gasteiger partial charge in [-0.25, -0.2) is 10.5 Å². The highest BCUT2D eigenvalue weighted by Gasteiger charge is 2.11. The molecule has 8 heteroatoms. The number of ether oxygens (including phenoxy) is 2. The van der Waals surface area contributed by atoms with Gasteiger partial charge in [0.05, 0.1) is 18.5 Å². The number of hydrogen-bond donors (Lipinski definition) is 3. The molecule has 0 spiro atoms. The normalized spacial score (nSPS) is 12.6.